The second-order valence-electron chi connectivity index (χ2n) is 1.56. The summed E-state index contributed by atoms with van der Waals surface area (Å²) in [5.74, 6) is 0. The normalized spacial score (nSPS) is 18.1. The summed E-state index contributed by atoms with van der Waals surface area (Å²) >= 11 is 0. The van der Waals surface area contributed by atoms with Crippen molar-refractivity contribution in [1.82, 2.24) is 4.90 Å². The van der Waals surface area contributed by atoms with Gasteiger partial charge >= 0.3 is 0 Å². The molecule has 0 spiro atoms. The van der Waals surface area contributed by atoms with Crippen molar-refractivity contribution in [3.8, 4) is 0 Å². The van der Waals surface area contributed by atoms with Crippen LogP contribution in [0.4, 0.5) is 0 Å². The average molecular weight is 94.1 g/mol. The Bertz CT molecular complexity index is 90.7. The first-order valence-corrected chi connectivity index (χ1v) is 2.37. The second-order valence-corrected chi connectivity index (χ2v) is 1.56. The molecule has 1 aliphatic heterocycles. The van der Waals surface area contributed by atoms with Gasteiger partial charge in [0.1, 0.15) is 0 Å². The predicted octanol–water partition coefficient (Wildman–Crippen LogP) is 1.15. The number of hydrogen-bond acceptors (Lipinski definition) is 1. The zero-order valence-corrected chi connectivity index (χ0v) is 4.39. The molecular weight excluding hydrogens is 86.1 g/mol. The van der Waals surface area contributed by atoms with Gasteiger partial charge in [0.15, 0.2) is 0 Å². The van der Waals surface area contributed by atoms with E-state index in [9.17, 15) is 0 Å². The van der Waals surface area contributed by atoms with E-state index in [1.54, 1.807) is 0 Å². The van der Waals surface area contributed by atoms with E-state index in [2.05, 4.69) is 12.3 Å². The van der Waals surface area contributed by atoms with Gasteiger partial charge < -0.3 is 4.90 Å². The van der Waals surface area contributed by atoms with E-state index in [0.29, 0.717) is 0 Å². The van der Waals surface area contributed by atoms with E-state index >= 15 is 0 Å². The van der Waals surface area contributed by atoms with Crippen LogP contribution < -0.4 is 0 Å². The molecule has 0 saturated carbocycles. The van der Waals surface area contributed by atoms with Gasteiger partial charge in [-0.2, -0.15) is 0 Å². The molecule has 0 unspecified atom stereocenters. The van der Waals surface area contributed by atoms with E-state index in [0.717, 1.165) is 6.42 Å². The fourth-order valence-electron chi connectivity index (χ4n) is 0.527. The molecule has 1 rings (SSSR count). The molecule has 1 aliphatic rings. The van der Waals surface area contributed by atoms with Gasteiger partial charge in [0.25, 0.3) is 0 Å². The van der Waals surface area contributed by atoms with Crippen molar-refractivity contribution in [3.63, 3.8) is 0 Å². The molecular formula is C6H8N. The first-order valence-electron chi connectivity index (χ1n) is 2.37. The van der Waals surface area contributed by atoms with Crippen LogP contribution in [0.15, 0.2) is 18.4 Å². The summed E-state index contributed by atoms with van der Waals surface area (Å²) in [6.45, 7) is 0. The molecule has 7 heavy (non-hydrogen) atoms. The summed E-state index contributed by atoms with van der Waals surface area (Å²) in [7, 11) is 1.96. The highest BCUT2D eigenvalue weighted by atomic mass is 15.0. The van der Waals surface area contributed by atoms with Gasteiger partial charge in [0, 0.05) is 13.2 Å². The van der Waals surface area contributed by atoms with Crippen LogP contribution in [0.5, 0.6) is 0 Å². The summed E-state index contributed by atoms with van der Waals surface area (Å²) in [6.07, 6.45) is 10.1. The maximum absolute atomic E-state index is 3.00. The SMILES string of the molecule is CN1[C]=CCC=C1. The summed E-state index contributed by atoms with van der Waals surface area (Å²) in [5, 5.41) is 0. The minimum absolute atomic E-state index is 1.03. The maximum Gasteiger partial charge on any atom is 0.0603 e. The van der Waals surface area contributed by atoms with Crippen LogP contribution in [0.3, 0.4) is 0 Å². The lowest BCUT2D eigenvalue weighted by Crippen LogP contribution is -2.02. The molecule has 0 atom stereocenters. The zero-order valence-electron chi connectivity index (χ0n) is 4.39. The molecule has 1 heterocycles. The minimum Gasteiger partial charge on any atom is -0.350 e. The Kier molecular flexibility index (Phi) is 1.16. The maximum atomic E-state index is 3.00. The van der Waals surface area contributed by atoms with E-state index < -0.39 is 0 Å². The first-order chi connectivity index (χ1) is 3.39. The van der Waals surface area contributed by atoms with Crippen LogP contribution >= 0.6 is 0 Å². The van der Waals surface area contributed by atoms with Crippen LogP contribution in [0, 0.1) is 6.20 Å². The Morgan fingerprint density at radius 3 is 2.86 bits per heavy atom. The standard InChI is InChI=1S/C6H8N/c1-7-5-3-2-4-6-7/h3-5H,2H2,1H3. The highest BCUT2D eigenvalue weighted by molar-refractivity contribution is 4.95. The summed E-state index contributed by atoms with van der Waals surface area (Å²) in [5.41, 5.74) is 0. The third-order valence-electron chi connectivity index (χ3n) is 0.878. The van der Waals surface area contributed by atoms with Crippen molar-refractivity contribution < 1.29 is 0 Å². The Balaban J connectivity index is 2.49. The molecule has 37 valence electrons. The molecule has 1 radical (unpaired) electrons. The largest absolute Gasteiger partial charge is 0.350 e. The van der Waals surface area contributed by atoms with Crippen molar-refractivity contribution in [1.29, 1.82) is 0 Å². The van der Waals surface area contributed by atoms with Gasteiger partial charge in [-0.05, 0) is 6.42 Å². The molecule has 0 fully saturated rings. The quantitative estimate of drug-likeness (QED) is 0.435. The molecule has 0 aromatic rings. The number of hydrogen-bond donors (Lipinski definition) is 0. The van der Waals surface area contributed by atoms with Gasteiger partial charge in [-0.25, -0.2) is 0 Å². The van der Waals surface area contributed by atoms with Crippen molar-refractivity contribution in [3.05, 3.63) is 24.6 Å². The van der Waals surface area contributed by atoms with Crippen LogP contribution in [-0.2, 0) is 0 Å². The molecule has 0 bridgehead atoms. The molecule has 0 aromatic carbocycles. The second kappa shape index (κ2) is 1.82. The molecule has 0 saturated heterocycles. The highest BCUT2D eigenvalue weighted by Gasteiger charge is 1.85. The fraction of sp³-hybridized carbons (Fsp3) is 0.333. The lowest BCUT2D eigenvalue weighted by atomic mass is 10.3. The van der Waals surface area contributed by atoms with Gasteiger partial charge in [-0.1, -0.05) is 12.2 Å². The first kappa shape index (κ1) is 4.44. The lowest BCUT2D eigenvalue weighted by Gasteiger charge is -2.07. The van der Waals surface area contributed by atoms with Gasteiger partial charge in [0.2, 0.25) is 0 Å². The van der Waals surface area contributed by atoms with Gasteiger partial charge in [0.05, 0.1) is 6.20 Å². The Morgan fingerprint density at radius 1 is 1.71 bits per heavy atom. The Hall–Kier alpha value is -0.720. The number of nitrogens with zero attached hydrogens (tertiary/aromatic N) is 1. The lowest BCUT2D eigenvalue weighted by molar-refractivity contribution is 0.585. The van der Waals surface area contributed by atoms with E-state index in [1.807, 2.05) is 24.2 Å². The van der Waals surface area contributed by atoms with Crippen LogP contribution in [0.2, 0.25) is 0 Å². The Morgan fingerprint density at radius 2 is 2.57 bits per heavy atom. The smallest absolute Gasteiger partial charge is 0.0603 e. The monoisotopic (exact) mass is 94.1 g/mol. The van der Waals surface area contributed by atoms with Crippen molar-refractivity contribution in [2.75, 3.05) is 7.05 Å². The Labute approximate surface area is 43.9 Å². The molecule has 1 heteroatoms. The van der Waals surface area contributed by atoms with Gasteiger partial charge in [-0.15, -0.1) is 0 Å². The zero-order chi connectivity index (χ0) is 5.11. The van der Waals surface area contributed by atoms with Crippen molar-refractivity contribution >= 4 is 0 Å². The van der Waals surface area contributed by atoms with Crippen molar-refractivity contribution in [2.45, 2.75) is 6.42 Å². The third kappa shape index (κ3) is 1.07. The molecule has 0 N–H and O–H groups in total. The highest BCUT2D eigenvalue weighted by Crippen LogP contribution is 1.96. The number of rotatable bonds is 0. The van der Waals surface area contributed by atoms with Crippen molar-refractivity contribution in [2.24, 2.45) is 0 Å². The summed E-state index contributed by atoms with van der Waals surface area (Å²) in [4.78, 5) is 1.91. The van der Waals surface area contributed by atoms with Crippen LogP contribution in [0.25, 0.3) is 0 Å². The average Bonchev–Trinajstić information content (AvgIpc) is 1.69. The number of allylic oxidation sites excluding steroid dienone is 2. The molecule has 0 amide bonds. The topological polar surface area (TPSA) is 3.24 Å². The van der Waals surface area contributed by atoms with Crippen LogP contribution in [-0.4, -0.2) is 11.9 Å². The minimum atomic E-state index is 1.03. The molecule has 0 aliphatic carbocycles. The van der Waals surface area contributed by atoms with Gasteiger partial charge in [-0.3, -0.25) is 0 Å². The van der Waals surface area contributed by atoms with Crippen LogP contribution in [0.1, 0.15) is 6.42 Å². The fourth-order valence-corrected chi connectivity index (χ4v) is 0.527. The molecule has 0 aromatic heterocycles. The van der Waals surface area contributed by atoms with E-state index in [-0.39, 0.29) is 0 Å². The predicted molar refractivity (Wildman–Crippen MR) is 29.3 cm³/mol. The summed E-state index contributed by atoms with van der Waals surface area (Å²) in [6, 6.07) is 0. The van der Waals surface area contributed by atoms with E-state index in [4.69, 9.17) is 0 Å². The van der Waals surface area contributed by atoms with E-state index in [1.165, 1.54) is 0 Å². The molecule has 1 nitrogen and oxygen atoms in total. The summed E-state index contributed by atoms with van der Waals surface area (Å²) < 4.78 is 0. The third-order valence-corrected chi connectivity index (χ3v) is 0.878.